The first-order valence-electron chi connectivity index (χ1n) is 7.47. The fourth-order valence-corrected chi connectivity index (χ4v) is 2.74. The zero-order chi connectivity index (χ0) is 16.7. The van der Waals surface area contributed by atoms with Gasteiger partial charge in [-0.1, -0.05) is 54.6 Å². The van der Waals surface area contributed by atoms with Gasteiger partial charge in [0.15, 0.2) is 0 Å². The van der Waals surface area contributed by atoms with Crippen LogP contribution >= 0.6 is 0 Å². The van der Waals surface area contributed by atoms with E-state index in [4.69, 9.17) is 0 Å². The van der Waals surface area contributed by atoms with Crippen molar-refractivity contribution >= 4 is 21.8 Å². The quantitative estimate of drug-likeness (QED) is 0.818. The molecule has 0 spiro atoms. The second kappa shape index (κ2) is 7.94. The Labute approximate surface area is 138 Å². The lowest BCUT2D eigenvalue weighted by molar-refractivity contribution is 0.607. The van der Waals surface area contributed by atoms with Crippen LogP contribution in [0.15, 0.2) is 60.7 Å². The normalized spacial score (nSPS) is 13.1. The number of anilines is 1. The summed E-state index contributed by atoms with van der Waals surface area (Å²) in [5.74, 6) is 0. The molecule has 0 amide bonds. The van der Waals surface area contributed by atoms with Crippen LogP contribution in [-0.2, 0) is 10.0 Å². The highest BCUT2D eigenvalue weighted by Gasteiger charge is 2.05. The van der Waals surface area contributed by atoms with Gasteiger partial charge in [0.2, 0.25) is 10.0 Å². The topological polar surface area (TPSA) is 58.2 Å². The Morgan fingerprint density at radius 1 is 1.04 bits per heavy atom. The lowest BCUT2D eigenvalue weighted by atomic mass is 10.1. The fourth-order valence-electron chi connectivity index (χ4n) is 2.18. The predicted molar refractivity (Wildman–Crippen MR) is 96.8 cm³/mol. The lowest BCUT2D eigenvalue weighted by Gasteiger charge is -2.13. The van der Waals surface area contributed by atoms with Crippen molar-refractivity contribution in [3.05, 3.63) is 71.8 Å². The first kappa shape index (κ1) is 17.2. The molecule has 2 aromatic carbocycles. The highest BCUT2D eigenvalue weighted by molar-refractivity contribution is 7.92. The van der Waals surface area contributed by atoms with Crippen molar-refractivity contribution in [3.63, 3.8) is 0 Å². The van der Waals surface area contributed by atoms with Gasteiger partial charge < -0.3 is 5.32 Å². The first-order valence-corrected chi connectivity index (χ1v) is 9.36. The van der Waals surface area contributed by atoms with E-state index in [1.54, 1.807) is 12.1 Å². The molecular weight excluding hydrogens is 308 g/mol. The third-order valence-electron chi connectivity index (χ3n) is 3.37. The van der Waals surface area contributed by atoms with E-state index in [0.717, 1.165) is 18.4 Å². The average Bonchev–Trinajstić information content (AvgIpc) is 2.51. The van der Waals surface area contributed by atoms with Crippen molar-refractivity contribution in [2.45, 2.75) is 13.0 Å². The van der Waals surface area contributed by atoms with Gasteiger partial charge in [0.05, 0.1) is 6.26 Å². The van der Waals surface area contributed by atoms with Crippen LogP contribution in [0.3, 0.4) is 0 Å². The molecule has 122 valence electrons. The number of benzene rings is 2. The molecule has 0 aliphatic heterocycles. The zero-order valence-corrected chi connectivity index (χ0v) is 14.2. The lowest BCUT2D eigenvalue weighted by Crippen LogP contribution is -2.18. The number of sulfonamides is 1. The summed E-state index contributed by atoms with van der Waals surface area (Å²) >= 11 is 0. The third-order valence-corrected chi connectivity index (χ3v) is 3.97. The number of rotatable bonds is 7. The maximum Gasteiger partial charge on any atom is 0.229 e. The summed E-state index contributed by atoms with van der Waals surface area (Å²) in [7, 11) is -3.23. The second-order valence-corrected chi connectivity index (χ2v) is 7.19. The molecule has 0 saturated heterocycles. The maximum absolute atomic E-state index is 11.2. The van der Waals surface area contributed by atoms with E-state index in [-0.39, 0.29) is 6.04 Å². The molecule has 0 fully saturated rings. The van der Waals surface area contributed by atoms with E-state index in [0.29, 0.717) is 5.69 Å². The third kappa shape index (κ3) is 6.26. The molecule has 0 bridgehead atoms. The SMILES string of the molecule is C[C@@H](NC/C=C\c1ccccc1)c1ccc(NS(C)(=O)=O)cc1. The van der Waals surface area contributed by atoms with Crippen molar-refractivity contribution in [1.29, 1.82) is 0 Å². The summed E-state index contributed by atoms with van der Waals surface area (Å²) in [4.78, 5) is 0. The van der Waals surface area contributed by atoms with Crippen molar-refractivity contribution < 1.29 is 8.42 Å². The summed E-state index contributed by atoms with van der Waals surface area (Å²) in [6.07, 6.45) is 5.31. The Morgan fingerprint density at radius 2 is 1.70 bits per heavy atom. The highest BCUT2D eigenvalue weighted by atomic mass is 32.2. The Balaban J connectivity index is 1.86. The number of nitrogens with one attached hydrogen (secondary N) is 2. The van der Waals surface area contributed by atoms with E-state index in [2.05, 4.69) is 41.2 Å². The van der Waals surface area contributed by atoms with E-state index in [1.165, 1.54) is 5.56 Å². The molecule has 4 nitrogen and oxygen atoms in total. The summed E-state index contributed by atoms with van der Waals surface area (Å²) < 4.78 is 24.8. The second-order valence-electron chi connectivity index (χ2n) is 5.44. The van der Waals surface area contributed by atoms with Gasteiger partial charge in [0, 0.05) is 18.3 Å². The van der Waals surface area contributed by atoms with Gasteiger partial charge in [0.25, 0.3) is 0 Å². The molecular formula is C18H22N2O2S. The maximum atomic E-state index is 11.2. The van der Waals surface area contributed by atoms with Crippen molar-refractivity contribution in [1.82, 2.24) is 5.32 Å². The molecule has 0 radical (unpaired) electrons. The minimum atomic E-state index is -3.23. The minimum Gasteiger partial charge on any atom is -0.307 e. The van der Waals surface area contributed by atoms with E-state index >= 15 is 0 Å². The van der Waals surface area contributed by atoms with Crippen molar-refractivity contribution in [3.8, 4) is 0 Å². The van der Waals surface area contributed by atoms with Crippen LogP contribution in [0.4, 0.5) is 5.69 Å². The highest BCUT2D eigenvalue weighted by Crippen LogP contribution is 2.16. The summed E-state index contributed by atoms with van der Waals surface area (Å²) in [6.45, 7) is 2.84. The molecule has 5 heteroatoms. The predicted octanol–water partition coefficient (Wildman–Crippen LogP) is 3.42. The standard InChI is InChI=1S/C18H22N2O2S/c1-15(19-14-6-9-16-7-4-3-5-8-16)17-10-12-18(13-11-17)20-23(2,21)22/h3-13,15,19-20H,14H2,1-2H3/b9-6-/t15-/m1/s1. The Bertz CT molecular complexity index is 738. The van der Waals surface area contributed by atoms with Gasteiger partial charge in [-0.3, -0.25) is 4.72 Å². The van der Waals surface area contributed by atoms with Crippen LogP contribution in [0, 0.1) is 0 Å². The summed E-state index contributed by atoms with van der Waals surface area (Å²) in [5.41, 5.74) is 2.86. The Morgan fingerprint density at radius 3 is 2.30 bits per heavy atom. The summed E-state index contributed by atoms with van der Waals surface area (Å²) in [5, 5.41) is 3.41. The number of hydrogen-bond donors (Lipinski definition) is 2. The van der Waals surface area contributed by atoms with Gasteiger partial charge in [-0.05, 0) is 30.2 Å². The van der Waals surface area contributed by atoms with Crippen molar-refractivity contribution in [2.75, 3.05) is 17.5 Å². The first-order chi connectivity index (χ1) is 10.9. The Kier molecular flexibility index (Phi) is 5.96. The molecule has 1 atom stereocenters. The van der Waals surface area contributed by atoms with Gasteiger partial charge >= 0.3 is 0 Å². The van der Waals surface area contributed by atoms with Crippen LogP contribution in [0.25, 0.3) is 6.08 Å². The van der Waals surface area contributed by atoms with E-state index in [9.17, 15) is 8.42 Å². The molecule has 2 rings (SSSR count). The molecule has 0 aliphatic carbocycles. The fraction of sp³-hybridized carbons (Fsp3) is 0.222. The van der Waals surface area contributed by atoms with Crippen LogP contribution in [0.1, 0.15) is 24.1 Å². The van der Waals surface area contributed by atoms with Crippen molar-refractivity contribution in [2.24, 2.45) is 0 Å². The van der Waals surface area contributed by atoms with Crippen LogP contribution < -0.4 is 10.0 Å². The molecule has 0 saturated carbocycles. The molecule has 23 heavy (non-hydrogen) atoms. The van der Waals surface area contributed by atoms with Crippen LogP contribution in [-0.4, -0.2) is 21.2 Å². The monoisotopic (exact) mass is 330 g/mol. The van der Waals surface area contributed by atoms with Crippen LogP contribution in [0.5, 0.6) is 0 Å². The average molecular weight is 330 g/mol. The minimum absolute atomic E-state index is 0.183. The molecule has 0 heterocycles. The molecule has 0 unspecified atom stereocenters. The van der Waals surface area contributed by atoms with Gasteiger partial charge in [0.1, 0.15) is 0 Å². The molecule has 0 aliphatic rings. The van der Waals surface area contributed by atoms with Gasteiger partial charge in [-0.25, -0.2) is 8.42 Å². The van der Waals surface area contributed by atoms with E-state index < -0.39 is 10.0 Å². The molecule has 2 aromatic rings. The molecule has 2 N–H and O–H groups in total. The molecule has 0 aromatic heterocycles. The smallest absolute Gasteiger partial charge is 0.229 e. The van der Waals surface area contributed by atoms with Gasteiger partial charge in [-0.2, -0.15) is 0 Å². The largest absolute Gasteiger partial charge is 0.307 e. The zero-order valence-electron chi connectivity index (χ0n) is 13.4. The van der Waals surface area contributed by atoms with Gasteiger partial charge in [-0.15, -0.1) is 0 Å². The summed E-state index contributed by atoms with van der Waals surface area (Å²) in [6, 6.07) is 17.7. The number of hydrogen-bond acceptors (Lipinski definition) is 3. The van der Waals surface area contributed by atoms with Crippen LogP contribution in [0.2, 0.25) is 0 Å². The Hall–Kier alpha value is -2.11. The van der Waals surface area contributed by atoms with E-state index in [1.807, 2.05) is 30.3 Å².